The molecule has 1 aromatic heterocycles. The zero-order valence-electron chi connectivity index (χ0n) is 7.91. The number of rotatable bonds is 3. The summed E-state index contributed by atoms with van der Waals surface area (Å²) in [4.78, 5) is 14.9. The number of nitrogens with one attached hydrogen (secondary N) is 2. The van der Waals surface area contributed by atoms with Gasteiger partial charge in [-0.2, -0.15) is 4.98 Å². The van der Waals surface area contributed by atoms with Crippen molar-refractivity contribution in [1.82, 2.24) is 20.8 Å². The quantitative estimate of drug-likeness (QED) is 0.672. The van der Waals surface area contributed by atoms with Gasteiger partial charge >= 0.3 is 0 Å². The lowest BCUT2D eigenvalue weighted by Crippen LogP contribution is -2.30. The zero-order chi connectivity index (χ0) is 9.97. The Bertz CT molecular complexity index is 336. The van der Waals surface area contributed by atoms with Crippen molar-refractivity contribution in [1.29, 1.82) is 0 Å². The average Bonchev–Trinajstić information content (AvgIpc) is 2.72. The molecule has 14 heavy (non-hydrogen) atoms. The fraction of sp³-hybridized carbons (Fsp3) is 0.625. The molecule has 1 aliphatic heterocycles. The number of hydrogen-bond acceptors (Lipinski definition) is 5. The Morgan fingerprint density at radius 2 is 2.57 bits per heavy atom. The number of carbonyl (C=O) groups excluding carboxylic acids is 1. The van der Waals surface area contributed by atoms with Crippen molar-refractivity contribution >= 4 is 5.91 Å². The normalized spacial score (nSPS) is 21.2. The van der Waals surface area contributed by atoms with Gasteiger partial charge in [0.2, 0.25) is 11.8 Å². The molecule has 0 aliphatic carbocycles. The fourth-order valence-electron chi connectivity index (χ4n) is 1.40. The van der Waals surface area contributed by atoms with Crippen molar-refractivity contribution in [3.8, 4) is 0 Å². The second kappa shape index (κ2) is 3.75. The molecule has 76 valence electrons. The van der Waals surface area contributed by atoms with E-state index in [4.69, 9.17) is 4.52 Å². The van der Waals surface area contributed by atoms with Gasteiger partial charge in [-0.1, -0.05) is 5.16 Å². The summed E-state index contributed by atoms with van der Waals surface area (Å²) in [6.07, 6.45) is 0.525. The van der Waals surface area contributed by atoms with Crippen LogP contribution in [0.25, 0.3) is 0 Å². The summed E-state index contributed by atoms with van der Waals surface area (Å²) in [6, 6.07) is 0.182. The molecule has 1 fully saturated rings. The molecule has 1 aromatic rings. The smallest absolute Gasteiger partial charge is 0.223 e. The molecule has 1 saturated heterocycles. The van der Waals surface area contributed by atoms with E-state index in [9.17, 15) is 4.79 Å². The van der Waals surface area contributed by atoms with Crippen molar-refractivity contribution in [2.24, 2.45) is 0 Å². The van der Waals surface area contributed by atoms with Crippen LogP contribution in [0.15, 0.2) is 4.52 Å². The van der Waals surface area contributed by atoms with Crippen LogP contribution < -0.4 is 10.6 Å². The van der Waals surface area contributed by atoms with Crippen molar-refractivity contribution in [3.63, 3.8) is 0 Å². The van der Waals surface area contributed by atoms with E-state index in [-0.39, 0.29) is 11.9 Å². The molecule has 6 nitrogen and oxygen atoms in total. The molecule has 1 unspecified atom stereocenters. The number of carbonyl (C=O) groups is 1. The van der Waals surface area contributed by atoms with Gasteiger partial charge in [0.15, 0.2) is 5.82 Å². The van der Waals surface area contributed by atoms with Crippen LogP contribution in [0.1, 0.15) is 18.1 Å². The largest absolute Gasteiger partial charge is 0.354 e. The minimum Gasteiger partial charge on any atom is -0.354 e. The molecule has 1 amide bonds. The van der Waals surface area contributed by atoms with Crippen molar-refractivity contribution in [3.05, 3.63) is 11.7 Å². The van der Waals surface area contributed by atoms with E-state index in [1.807, 2.05) is 0 Å². The topological polar surface area (TPSA) is 80.0 Å². The number of aromatic nitrogens is 2. The molecule has 0 spiro atoms. The van der Waals surface area contributed by atoms with Gasteiger partial charge in [0.25, 0.3) is 0 Å². The van der Waals surface area contributed by atoms with Crippen LogP contribution in [0.3, 0.4) is 0 Å². The van der Waals surface area contributed by atoms with Gasteiger partial charge < -0.3 is 15.2 Å². The lowest BCUT2D eigenvalue weighted by Gasteiger charge is -2.06. The predicted molar refractivity (Wildman–Crippen MR) is 47.3 cm³/mol. The molecule has 2 N–H and O–H groups in total. The third-order valence-electron chi connectivity index (χ3n) is 2.10. The van der Waals surface area contributed by atoms with Crippen LogP contribution in [0, 0.1) is 6.92 Å². The Morgan fingerprint density at radius 3 is 3.14 bits per heavy atom. The number of aryl methyl sites for hydroxylation is 1. The Labute approximate surface area is 81.1 Å². The van der Waals surface area contributed by atoms with Crippen molar-refractivity contribution in [2.45, 2.75) is 25.9 Å². The summed E-state index contributed by atoms with van der Waals surface area (Å²) in [5.74, 6) is 1.27. The second-order valence-electron chi connectivity index (χ2n) is 3.32. The highest BCUT2D eigenvalue weighted by Crippen LogP contribution is 2.01. The van der Waals surface area contributed by atoms with E-state index in [0.29, 0.717) is 31.2 Å². The lowest BCUT2D eigenvalue weighted by atomic mass is 10.2. The van der Waals surface area contributed by atoms with E-state index >= 15 is 0 Å². The summed E-state index contributed by atoms with van der Waals surface area (Å²) in [5, 5.41) is 9.66. The van der Waals surface area contributed by atoms with E-state index in [1.54, 1.807) is 6.92 Å². The van der Waals surface area contributed by atoms with Crippen LogP contribution >= 0.6 is 0 Å². The first-order valence-electron chi connectivity index (χ1n) is 4.53. The van der Waals surface area contributed by atoms with Gasteiger partial charge in [-0.05, 0) is 0 Å². The summed E-state index contributed by atoms with van der Waals surface area (Å²) >= 11 is 0. The molecule has 2 heterocycles. The maximum absolute atomic E-state index is 10.9. The first-order valence-corrected chi connectivity index (χ1v) is 4.53. The monoisotopic (exact) mass is 196 g/mol. The van der Waals surface area contributed by atoms with Crippen LogP contribution in [-0.4, -0.2) is 28.6 Å². The molecule has 0 bridgehead atoms. The predicted octanol–water partition coefficient (Wildman–Crippen LogP) is -0.644. The van der Waals surface area contributed by atoms with Gasteiger partial charge in [0.05, 0.1) is 6.54 Å². The van der Waals surface area contributed by atoms with Crippen molar-refractivity contribution < 1.29 is 9.32 Å². The molecule has 1 atom stereocenters. The van der Waals surface area contributed by atoms with E-state index < -0.39 is 0 Å². The molecule has 0 aromatic carbocycles. The molecular formula is C8H12N4O2. The van der Waals surface area contributed by atoms with Crippen molar-refractivity contribution in [2.75, 3.05) is 6.54 Å². The number of hydrogen-bond donors (Lipinski definition) is 2. The lowest BCUT2D eigenvalue weighted by molar-refractivity contribution is -0.119. The molecule has 2 rings (SSSR count). The summed E-state index contributed by atoms with van der Waals surface area (Å²) in [5.41, 5.74) is 0. The minimum absolute atomic E-state index is 0.0896. The van der Waals surface area contributed by atoms with E-state index in [1.165, 1.54) is 0 Å². The Kier molecular flexibility index (Phi) is 2.45. The first-order chi connectivity index (χ1) is 6.74. The zero-order valence-corrected chi connectivity index (χ0v) is 7.91. The third-order valence-corrected chi connectivity index (χ3v) is 2.10. The van der Waals surface area contributed by atoms with Gasteiger partial charge in [-0.3, -0.25) is 4.79 Å². The SMILES string of the molecule is Cc1nc(CNC2CNC(=O)C2)no1. The molecule has 0 radical (unpaired) electrons. The molecular weight excluding hydrogens is 184 g/mol. The Hall–Kier alpha value is -1.43. The van der Waals surface area contributed by atoms with Gasteiger partial charge in [-0.15, -0.1) is 0 Å². The number of nitrogens with zero attached hydrogens (tertiary/aromatic N) is 2. The van der Waals surface area contributed by atoms with Crippen LogP contribution in [-0.2, 0) is 11.3 Å². The van der Waals surface area contributed by atoms with Gasteiger partial charge in [-0.25, -0.2) is 0 Å². The Balaban J connectivity index is 1.80. The maximum Gasteiger partial charge on any atom is 0.223 e. The van der Waals surface area contributed by atoms with Gasteiger partial charge in [0.1, 0.15) is 0 Å². The summed E-state index contributed by atoms with van der Waals surface area (Å²) < 4.78 is 4.82. The highest BCUT2D eigenvalue weighted by Gasteiger charge is 2.20. The second-order valence-corrected chi connectivity index (χ2v) is 3.32. The highest BCUT2D eigenvalue weighted by atomic mass is 16.5. The summed E-state index contributed by atoms with van der Waals surface area (Å²) in [7, 11) is 0. The fourth-order valence-corrected chi connectivity index (χ4v) is 1.40. The Morgan fingerprint density at radius 1 is 1.71 bits per heavy atom. The molecule has 1 aliphatic rings. The molecule has 0 saturated carbocycles. The highest BCUT2D eigenvalue weighted by molar-refractivity contribution is 5.78. The van der Waals surface area contributed by atoms with Crippen LogP contribution in [0.5, 0.6) is 0 Å². The van der Waals surface area contributed by atoms with Crippen LogP contribution in [0.2, 0.25) is 0 Å². The summed E-state index contributed by atoms with van der Waals surface area (Å²) in [6.45, 7) is 2.96. The third kappa shape index (κ3) is 2.08. The van der Waals surface area contributed by atoms with Crippen LogP contribution in [0.4, 0.5) is 0 Å². The van der Waals surface area contributed by atoms with Gasteiger partial charge in [0, 0.05) is 25.9 Å². The molecule has 6 heteroatoms. The van der Waals surface area contributed by atoms with E-state index in [2.05, 4.69) is 20.8 Å². The van der Waals surface area contributed by atoms with E-state index in [0.717, 1.165) is 0 Å². The average molecular weight is 196 g/mol. The first kappa shape index (κ1) is 9.14. The maximum atomic E-state index is 10.9. The minimum atomic E-state index is 0.0896. The number of amides is 1. The standard InChI is InChI=1S/C8H12N4O2/c1-5-11-7(12-14-5)4-9-6-2-8(13)10-3-6/h6,9H,2-4H2,1H3,(H,10,13).